The minimum absolute atomic E-state index is 0.0722. The molecule has 0 bridgehead atoms. The average molecular weight is 285 g/mol. The number of halogens is 1. The molecule has 2 aromatic heterocycles. The van der Waals surface area contributed by atoms with E-state index in [2.05, 4.69) is 32.6 Å². The van der Waals surface area contributed by atoms with Crippen molar-refractivity contribution in [2.24, 2.45) is 5.84 Å². The molecule has 0 saturated carbocycles. The summed E-state index contributed by atoms with van der Waals surface area (Å²) in [6.07, 6.45) is 4.15. The number of aromatic nitrogens is 3. The van der Waals surface area contributed by atoms with Gasteiger partial charge in [-0.3, -0.25) is 5.43 Å². The summed E-state index contributed by atoms with van der Waals surface area (Å²) in [7, 11) is 0. The van der Waals surface area contributed by atoms with Crippen molar-refractivity contribution in [3.63, 3.8) is 0 Å². The maximum atomic E-state index is 6.04. The van der Waals surface area contributed by atoms with Crippen LogP contribution in [0.3, 0.4) is 0 Å². The second-order valence-electron chi connectivity index (χ2n) is 3.51. The third-order valence-corrected chi connectivity index (χ3v) is 3.51. The van der Waals surface area contributed by atoms with Gasteiger partial charge in [0.15, 0.2) is 5.82 Å². The van der Waals surface area contributed by atoms with Gasteiger partial charge >= 0.3 is 0 Å². The molecule has 96 valence electrons. The number of nitrogens with two attached hydrogens (primary N) is 1. The van der Waals surface area contributed by atoms with Crippen LogP contribution in [0, 0.1) is 0 Å². The highest BCUT2D eigenvalue weighted by molar-refractivity contribution is 7.09. The maximum Gasteiger partial charge on any atom is 0.239 e. The number of thiazole rings is 1. The van der Waals surface area contributed by atoms with Crippen LogP contribution in [0.15, 0.2) is 17.8 Å². The minimum atomic E-state index is 0.0722. The number of hydrogen-bond donors (Lipinski definition) is 3. The van der Waals surface area contributed by atoms with E-state index in [1.54, 1.807) is 17.5 Å². The summed E-state index contributed by atoms with van der Waals surface area (Å²) in [5, 5.41) is 6.62. The van der Waals surface area contributed by atoms with Crippen molar-refractivity contribution in [3.8, 4) is 0 Å². The van der Waals surface area contributed by atoms with E-state index in [0.29, 0.717) is 16.8 Å². The normalized spacial score (nSPS) is 12.2. The Morgan fingerprint density at radius 2 is 2.33 bits per heavy atom. The van der Waals surface area contributed by atoms with Gasteiger partial charge in [0.25, 0.3) is 0 Å². The Hall–Kier alpha value is -1.44. The molecular weight excluding hydrogens is 272 g/mol. The van der Waals surface area contributed by atoms with E-state index in [1.165, 1.54) is 6.20 Å². The zero-order valence-corrected chi connectivity index (χ0v) is 11.3. The van der Waals surface area contributed by atoms with E-state index in [-0.39, 0.29) is 6.04 Å². The largest absolute Gasteiger partial charge is 0.359 e. The molecule has 0 fully saturated rings. The molecule has 8 heteroatoms. The van der Waals surface area contributed by atoms with Crippen molar-refractivity contribution >= 4 is 34.7 Å². The number of nitrogens with zero attached hydrogens (tertiary/aromatic N) is 3. The van der Waals surface area contributed by atoms with Gasteiger partial charge in [0.2, 0.25) is 5.95 Å². The van der Waals surface area contributed by atoms with Crippen LogP contribution in [-0.2, 0) is 0 Å². The third kappa shape index (κ3) is 2.87. The summed E-state index contributed by atoms with van der Waals surface area (Å²) in [6, 6.07) is 0.0722. The van der Waals surface area contributed by atoms with Crippen molar-refractivity contribution in [2.75, 3.05) is 10.7 Å². The Morgan fingerprint density at radius 1 is 1.50 bits per heavy atom. The number of nitrogens with one attached hydrogen (secondary N) is 2. The molecule has 0 saturated heterocycles. The third-order valence-electron chi connectivity index (χ3n) is 2.34. The number of hydrogen-bond acceptors (Lipinski definition) is 7. The molecule has 2 rings (SSSR count). The Labute approximate surface area is 114 Å². The molecule has 2 heterocycles. The molecule has 0 amide bonds. The van der Waals surface area contributed by atoms with Gasteiger partial charge in [-0.15, -0.1) is 11.3 Å². The highest BCUT2D eigenvalue weighted by Gasteiger charge is 2.14. The number of hydrazine groups is 1. The van der Waals surface area contributed by atoms with Gasteiger partial charge < -0.3 is 5.32 Å². The van der Waals surface area contributed by atoms with Gasteiger partial charge in [0.05, 0.1) is 12.2 Å². The fourth-order valence-electron chi connectivity index (χ4n) is 1.45. The first-order valence-electron chi connectivity index (χ1n) is 5.39. The van der Waals surface area contributed by atoms with Gasteiger partial charge in [0, 0.05) is 11.6 Å². The lowest BCUT2D eigenvalue weighted by molar-refractivity contribution is 0.737. The van der Waals surface area contributed by atoms with E-state index >= 15 is 0 Å². The van der Waals surface area contributed by atoms with Crippen LogP contribution in [-0.4, -0.2) is 15.0 Å². The standard InChI is InChI=1S/C10H13ClN6S/c1-2-7(9-13-3-4-18-9)15-8-6(11)5-14-10(16-8)17-12/h3-5,7H,2,12H2,1H3,(H2,14,15,16,17). The Kier molecular flexibility index (Phi) is 4.29. The summed E-state index contributed by atoms with van der Waals surface area (Å²) < 4.78 is 0. The van der Waals surface area contributed by atoms with Crippen LogP contribution < -0.4 is 16.6 Å². The average Bonchev–Trinajstić information content (AvgIpc) is 2.91. The van der Waals surface area contributed by atoms with Gasteiger partial charge in [-0.1, -0.05) is 18.5 Å². The second-order valence-corrected chi connectivity index (χ2v) is 4.84. The highest BCUT2D eigenvalue weighted by atomic mass is 35.5. The lowest BCUT2D eigenvalue weighted by Crippen LogP contribution is -2.14. The lowest BCUT2D eigenvalue weighted by Gasteiger charge is -2.16. The molecule has 6 nitrogen and oxygen atoms in total. The van der Waals surface area contributed by atoms with Crippen molar-refractivity contribution in [1.29, 1.82) is 0 Å². The molecule has 0 spiro atoms. The predicted molar refractivity (Wildman–Crippen MR) is 73.6 cm³/mol. The Bertz CT molecular complexity index is 503. The van der Waals surface area contributed by atoms with Gasteiger partial charge in [-0.25, -0.2) is 15.8 Å². The fraction of sp³-hybridized carbons (Fsp3) is 0.300. The molecule has 0 aromatic carbocycles. The molecule has 2 aromatic rings. The van der Waals surface area contributed by atoms with Gasteiger partial charge in [-0.2, -0.15) is 4.98 Å². The molecule has 1 unspecified atom stereocenters. The van der Waals surface area contributed by atoms with Gasteiger partial charge in [-0.05, 0) is 6.42 Å². The maximum absolute atomic E-state index is 6.04. The lowest BCUT2D eigenvalue weighted by atomic mass is 10.2. The fourth-order valence-corrected chi connectivity index (χ4v) is 2.37. The van der Waals surface area contributed by atoms with Crippen LogP contribution >= 0.6 is 22.9 Å². The van der Waals surface area contributed by atoms with Crippen molar-refractivity contribution in [3.05, 3.63) is 27.8 Å². The SMILES string of the molecule is CCC(Nc1nc(NN)ncc1Cl)c1nccs1. The minimum Gasteiger partial charge on any atom is -0.359 e. The Morgan fingerprint density at radius 3 is 2.94 bits per heavy atom. The van der Waals surface area contributed by atoms with E-state index < -0.39 is 0 Å². The molecule has 4 N–H and O–H groups in total. The first-order valence-corrected chi connectivity index (χ1v) is 6.65. The topological polar surface area (TPSA) is 88.8 Å². The van der Waals surface area contributed by atoms with Crippen LogP contribution in [0.5, 0.6) is 0 Å². The van der Waals surface area contributed by atoms with E-state index in [4.69, 9.17) is 17.4 Å². The highest BCUT2D eigenvalue weighted by Crippen LogP contribution is 2.27. The van der Waals surface area contributed by atoms with Crippen LogP contribution in [0.25, 0.3) is 0 Å². The molecule has 0 aliphatic carbocycles. The number of anilines is 2. The van der Waals surface area contributed by atoms with Crippen LogP contribution in [0.2, 0.25) is 5.02 Å². The van der Waals surface area contributed by atoms with Crippen LogP contribution in [0.4, 0.5) is 11.8 Å². The molecule has 0 radical (unpaired) electrons. The van der Waals surface area contributed by atoms with Crippen molar-refractivity contribution in [1.82, 2.24) is 15.0 Å². The number of rotatable bonds is 5. The van der Waals surface area contributed by atoms with E-state index in [0.717, 1.165) is 11.4 Å². The summed E-state index contributed by atoms with van der Waals surface area (Å²) in [6.45, 7) is 2.07. The summed E-state index contributed by atoms with van der Waals surface area (Å²) in [5.41, 5.74) is 2.39. The quantitative estimate of drug-likeness (QED) is 0.577. The monoisotopic (exact) mass is 284 g/mol. The smallest absolute Gasteiger partial charge is 0.239 e. The van der Waals surface area contributed by atoms with Crippen LogP contribution in [0.1, 0.15) is 24.4 Å². The zero-order valence-electron chi connectivity index (χ0n) is 9.72. The van der Waals surface area contributed by atoms with Gasteiger partial charge in [0.1, 0.15) is 10.0 Å². The molecule has 18 heavy (non-hydrogen) atoms. The molecular formula is C10H13ClN6S. The molecule has 0 aliphatic heterocycles. The predicted octanol–water partition coefficient (Wildman–Crippen LogP) is 2.44. The van der Waals surface area contributed by atoms with E-state index in [9.17, 15) is 0 Å². The summed E-state index contributed by atoms with van der Waals surface area (Å²) in [5.74, 6) is 6.13. The molecule has 1 atom stereocenters. The molecule has 0 aliphatic rings. The zero-order chi connectivity index (χ0) is 13.0. The second kappa shape index (κ2) is 5.94. The summed E-state index contributed by atoms with van der Waals surface area (Å²) >= 11 is 7.63. The van der Waals surface area contributed by atoms with Crippen molar-refractivity contribution < 1.29 is 0 Å². The first kappa shape index (κ1) is 13.0. The Balaban J connectivity index is 2.21. The van der Waals surface area contributed by atoms with E-state index in [1.807, 2.05) is 5.38 Å². The number of nitrogen functional groups attached to an aromatic ring is 1. The first-order chi connectivity index (χ1) is 8.74. The van der Waals surface area contributed by atoms with Crippen molar-refractivity contribution in [2.45, 2.75) is 19.4 Å². The summed E-state index contributed by atoms with van der Waals surface area (Å²) in [4.78, 5) is 12.4.